The zero-order valence-electron chi connectivity index (χ0n) is 12.3. The molecule has 0 aromatic heterocycles. The first-order valence-electron chi connectivity index (χ1n) is 6.34. The third kappa shape index (κ3) is 4.79. The molecular weight excluding hydrogens is 298 g/mol. The van der Waals surface area contributed by atoms with Crippen molar-refractivity contribution in [3.8, 4) is 0 Å². The largest absolute Gasteiger partial charge is 0.479 e. The van der Waals surface area contributed by atoms with Gasteiger partial charge in [0, 0.05) is 4.91 Å². The summed E-state index contributed by atoms with van der Waals surface area (Å²) < 4.78 is 5.02. The SMILES string of the molecule is CC(C)(C)OC(=O)N[C@@H]1C(=O)N(OCC(=O)O)[C@H]1CN=[N+]=[N-]. The van der Waals surface area contributed by atoms with Crippen LogP contribution in [-0.4, -0.2) is 59.0 Å². The van der Waals surface area contributed by atoms with Crippen molar-refractivity contribution in [1.29, 1.82) is 0 Å². The average molecular weight is 315 g/mol. The van der Waals surface area contributed by atoms with Gasteiger partial charge in [0.15, 0.2) is 6.61 Å². The summed E-state index contributed by atoms with van der Waals surface area (Å²) in [5, 5.41) is 14.9. The molecule has 0 unspecified atom stereocenters. The van der Waals surface area contributed by atoms with Gasteiger partial charge in [-0.25, -0.2) is 14.7 Å². The second-order valence-corrected chi connectivity index (χ2v) is 5.44. The molecule has 2 atom stereocenters. The Balaban J connectivity index is 2.68. The number of carboxylic acid groups (broad SMARTS) is 1. The van der Waals surface area contributed by atoms with Crippen molar-refractivity contribution in [2.24, 2.45) is 5.11 Å². The van der Waals surface area contributed by atoms with Gasteiger partial charge in [0.1, 0.15) is 11.6 Å². The molecule has 11 heteroatoms. The molecule has 0 aliphatic carbocycles. The van der Waals surface area contributed by atoms with Gasteiger partial charge in [0.05, 0.1) is 12.6 Å². The Labute approximate surface area is 125 Å². The first kappa shape index (κ1) is 17.5. The summed E-state index contributed by atoms with van der Waals surface area (Å²) >= 11 is 0. The van der Waals surface area contributed by atoms with Crippen molar-refractivity contribution in [2.75, 3.05) is 13.2 Å². The highest BCUT2D eigenvalue weighted by Gasteiger charge is 2.49. The van der Waals surface area contributed by atoms with Crippen molar-refractivity contribution >= 4 is 18.0 Å². The topological polar surface area (TPSA) is 154 Å². The molecule has 1 aliphatic heterocycles. The Morgan fingerprint density at radius 2 is 2.14 bits per heavy atom. The number of carbonyl (C=O) groups excluding carboxylic acids is 2. The minimum atomic E-state index is -1.26. The van der Waals surface area contributed by atoms with E-state index in [2.05, 4.69) is 15.3 Å². The molecule has 2 N–H and O–H groups in total. The van der Waals surface area contributed by atoms with Crippen molar-refractivity contribution < 1.29 is 29.1 Å². The molecule has 1 saturated heterocycles. The highest BCUT2D eigenvalue weighted by Crippen LogP contribution is 2.22. The molecule has 2 amide bonds. The minimum absolute atomic E-state index is 0.178. The Kier molecular flexibility index (Phi) is 5.55. The maximum absolute atomic E-state index is 11.9. The number of β-lactam (4-membered cyclic amide) rings is 1. The van der Waals surface area contributed by atoms with Gasteiger partial charge in [0.25, 0.3) is 5.91 Å². The van der Waals surface area contributed by atoms with Crippen molar-refractivity contribution in [3.05, 3.63) is 10.4 Å². The molecule has 1 rings (SSSR count). The lowest BCUT2D eigenvalue weighted by Crippen LogP contribution is -2.71. The zero-order valence-corrected chi connectivity index (χ0v) is 12.3. The number of rotatable bonds is 6. The summed E-state index contributed by atoms with van der Waals surface area (Å²) in [6.07, 6.45) is -0.810. The first-order chi connectivity index (χ1) is 10.2. The predicted octanol–water partition coefficient (Wildman–Crippen LogP) is 0.417. The summed E-state index contributed by atoms with van der Waals surface area (Å²) in [5.41, 5.74) is 7.59. The highest BCUT2D eigenvalue weighted by molar-refractivity contribution is 5.91. The number of hydroxylamine groups is 2. The predicted molar refractivity (Wildman–Crippen MR) is 71.4 cm³/mol. The van der Waals surface area contributed by atoms with Gasteiger partial charge < -0.3 is 15.2 Å². The fourth-order valence-electron chi connectivity index (χ4n) is 1.69. The normalized spacial score (nSPS) is 20.7. The van der Waals surface area contributed by atoms with Crippen LogP contribution in [0.15, 0.2) is 5.11 Å². The second kappa shape index (κ2) is 6.96. The van der Waals surface area contributed by atoms with Crippen LogP contribution in [0, 0.1) is 0 Å². The fraction of sp³-hybridized carbons (Fsp3) is 0.727. The maximum Gasteiger partial charge on any atom is 0.408 e. The second-order valence-electron chi connectivity index (χ2n) is 5.44. The number of aliphatic carboxylic acids is 1. The first-order valence-corrected chi connectivity index (χ1v) is 6.34. The number of amides is 2. The van der Waals surface area contributed by atoms with Crippen LogP contribution < -0.4 is 5.32 Å². The van der Waals surface area contributed by atoms with E-state index < -0.39 is 42.3 Å². The smallest absolute Gasteiger partial charge is 0.408 e. The molecule has 22 heavy (non-hydrogen) atoms. The molecule has 11 nitrogen and oxygen atoms in total. The van der Waals surface area contributed by atoms with Gasteiger partial charge in [0.2, 0.25) is 0 Å². The van der Waals surface area contributed by atoms with Crippen LogP contribution in [0.3, 0.4) is 0 Å². The lowest BCUT2D eigenvalue weighted by molar-refractivity contribution is -0.234. The molecule has 0 aromatic carbocycles. The molecule has 0 radical (unpaired) electrons. The van der Waals surface area contributed by atoms with Gasteiger partial charge in [-0.15, -0.1) is 0 Å². The number of carbonyl (C=O) groups is 3. The third-order valence-corrected chi connectivity index (χ3v) is 2.50. The van der Waals surface area contributed by atoms with E-state index in [4.69, 9.17) is 20.2 Å². The highest BCUT2D eigenvalue weighted by atomic mass is 16.7. The van der Waals surface area contributed by atoms with Gasteiger partial charge in [-0.1, -0.05) is 5.11 Å². The van der Waals surface area contributed by atoms with E-state index in [0.29, 0.717) is 0 Å². The number of nitrogens with zero attached hydrogens (tertiary/aromatic N) is 4. The number of alkyl carbamates (subject to hydrolysis) is 1. The van der Waals surface area contributed by atoms with Crippen molar-refractivity contribution in [2.45, 2.75) is 38.5 Å². The average Bonchev–Trinajstić information content (AvgIpc) is 2.37. The summed E-state index contributed by atoms with van der Waals surface area (Å²) in [7, 11) is 0. The third-order valence-electron chi connectivity index (χ3n) is 2.50. The number of hydrogen-bond donors (Lipinski definition) is 2. The fourth-order valence-corrected chi connectivity index (χ4v) is 1.69. The summed E-state index contributed by atoms with van der Waals surface area (Å²) in [6, 6.07) is -1.80. The molecule has 1 fully saturated rings. The van der Waals surface area contributed by atoms with Crippen LogP contribution in [0.4, 0.5) is 4.79 Å². The van der Waals surface area contributed by atoms with Crippen molar-refractivity contribution in [3.63, 3.8) is 0 Å². The van der Waals surface area contributed by atoms with E-state index >= 15 is 0 Å². The number of nitrogens with one attached hydrogen (secondary N) is 1. The summed E-state index contributed by atoms with van der Waals surface area (Å²) in [4.78, 5) is 41.3. The number of azide groups is 1. The van der Waals surface area contributed by atoms with Crippen LogP contribution in [-0.2, 0) is 19.2 Å². The molecule has 0 aromatic rings. The number of hydrogen-bond acceptors (Lipinski definition) is 6. The van der Waals surface area contributed by atoms with E-state index in [1.165, 1.54) is 0 Å². The Morgan fingerprint density at radius 1 is 1.50 bits per heavy atom. The summed E-state index contributed by atoms with van der Waals surface area (Å²) in [5.74, 6) is -1.91. The van der Waals surface area contributed by atoms with Crippen molar-refractivity contribution in [1.82, 2.24) is 10.4 Å². The van der Waals surface area contributed by atoms with Crippen LogP contribution in [0.25, 0.3) is 10.4 Å². The molecule has 1 heterocycles. The van der Waals surface area contributed by atoms with Gasteiger partial charge in [-0.2, -0.15) is 0 Å². The lowest BCUT2D eigenvalue weighted by atomic mass is 9.98. The van der Waals surface area contributed by atoms with Gasteiger partial charge in [-0.3, -0.25) is 9.63 Å². The Hall–Kier alpha value is -2.52. The zero-order chi connectivity index (χ0) is 16.9. The standard InChI is InChI=1S/C11H17N5O6/c1-11(2,3)22-10(20)14-8-6(4-13-15-12)16(9(8)19)21-5-7(17)18/h6,8H,4-5H2,1-3H3,(H,14,20)(H,17,18)/t6-,8-/m0/s1. The van der Waals surface area contributed by atoms with Crippen LogP contribution in [0.2, 0.25) is 0 Å². The number of ether oxygens (including phenoxy) is 1. The molecule has 0 saturated carbocycles. The van der Waals surface area contributed by atoms with E-state index in [0.717, 1.165) is 5.06 Å². The minimum Gasteiger partial charge on any atom is -0.479 e. The quantitative estimate of drug-likeness (QED) is 0.313. The summed E-state index contributed by atoms with van der Waals surface area (Å²) in [6.45, 7) is 4.08. The van der Waals surface area contributed by atoms with E-state index in [1.807, 2.05) is 0 Å². The Bertz CT molecular complexity index is 510. The maximum atomic E-state index is 11.9. The molecule has 0 bridgehead atoms. The van der Waals surface area contributed by atoms with Crippen LogP contribution in [0.1, 0.15) is 20.8 Å². The van der Waals surface area contributed by atoms with Gasteiger partial charge in [-0.05, 0) is 26.3 Å². The van der Waals surface area contributed by atoms with E-state index in [1.54, 1.807) is 20.8 Å². The van der Waals surface area contributed by atoms with Gasteiger partial charge >= 0.3 is 12.1 Å². The molecule has 1 aliphatic rings. The van der Waals surface area contributed by atoms with E-state index in [-0.39, 0.29) is 6.54 Å². The molecule has 0 spiro atoms. The monoisotopic (exact) mass is 315 g/mol. The lowest BCUT2D eigenvalue weighted by Gasteiger charge is -2.44. The van der Waals surface area contributed by atoms with E-state index in [9.17, 15) is 14.4 Å². The number of carboxylic acids is 1. The Morgan fingerprint density at radius 3 is 2.64 bits per heavy atom. The molecular formula is C11H17N5O6. The van der Waals surface area contributed by atoms with Crippen LogP contribution in [0.5, 0.6) is 0 Å². The molecule has 122 valence electrons. The van der Waals surface area contributed by atoms with Crippen LogP contribution >= 0.6 is 0 Å².